The molecule has 0 saturated carbocycles. The molecule has 0 fully saturated rings. The van der Waals surface area contributed by atoms with E-state index in [2.05, 4.69) is 27.2 Å². The number of hydrogen-bond donors (Lipinski definition) is 0. The van der Waals surface area contributed by atoms with Crippen molar-refractivity contribution >= 4 is 11.6 Å². The fourth-order valence-corrected chi connectivity index (χ4v) is 2.43. The highest BCUT2D eigenvalue weighted by atomic mass is 35.5. The molecule has 0 amide bonds. The largest absolute Gasteiger partial charge is 0.419 e. The van der Waals surface area contributed by atoms with E-state index >= 15 is 0 Å². The zero-order valence-corrected chi connectivity index (χ0v) is 13.0. The van der Waals surface area contributed by atoms with E-state index < -0.39 is 0 Å². The molecule has 112 valence electrons. The molecule has 22 heavy (non-hydrogen) atoms. The van der Waals surface area contributed by atoms with Crippen molar-refractivity contribution in [3.8, 4) is 11.5 Å². The lowest BCUT2D eigenvalue weighted by Gasteiger charge is -2.13. The molecule has 0 atom stereocenters. The van der Waals surface area contributed by atoms with Crippen molar-refractivity contribution in [2.75, 3.05) is 7.05 Å². The summed E-state index contributed by atoms with van der Waals surface area (Å²) in [6.07, 6.45) is 0. The van der Waals surface area contributed by atoms with E-state index in [-0.39, 0.29) is 0 Å². The van der Waals surface area contributed by atoms with Gasteiger partial charge in [0, 0.05) is 17.1 Å². The molecule has 3 rings (SSSR count). The first kappa shape index (κ1) is 14.8. The Morgan fingerprint density at radius 2 is 1.82 bits per heavy atom. The Morgan fingerprint density at radius 3 is 2.59 bits per heavy atom. The first-order valence-electron chi connectivity index (χ1n) is 7.01. The van der Waals surface area contributed by atoms with Crippen LogP contribution in [-0.2, 0) is 13.1 Å². The van der Waals surface area contributed by atoms with E-state index in [4.69, 9.17) is 16.0 Å². The van der Waals surface area contributed by atoms with Gasteiger partial charge in [0.1, 0.15) is 0 Å². The highest BCUT2D eigenvalue weighted by Gasteiger charge is 2.11. The number of rotatable bonds is 5. The Morgan fingerprint density at radius 1 is 1.00 bits per heavy atom. The van der Waals surface area contributed by atoms with Gasteiger partial charge in [0.15, 0.2) is 0 Å². The van der Waals surface area contributed by atoms with Gasteiger partial charge in [-0.3, -0.25) is 4.90 Å². The molecule has 0 aliphatic rings. The molecule has 2 aromatic carbocycles. The standard InChI is InChI=1S/C17H16ClN3O/c1-21(11-13-6-3-2-4-7-13)12-16-19-20-17(22-16)14-8-5-9-15(18)10-14/h2-10H,11-12H2,1H3. The van der Waals surface area contributed by atoms with E-state index in [1.165, 1.54) is 5.56 Å². The number of nitrogens with zero attached hydrogens (tertiary/aromatic N) is 3. The molecule has 0 aliphatic heterocycles. The van der Waals surface area contributed by atoms with Crippen molar-refractivity contribution in [1.82, 2.24) is 15.1 Å². The van der Waals surface area contributed by atoms with E-state index in [9.17, 15) is 0 Å². The predicted molar refractivity (Wildman–Crippen MR) is 86.4 cm³/mol. The van der Waals surface area contributed by atoms with Gasteiger partial charge >= 0.3 is 0 Å². The minimum absolute atomic E-state index is 0.491. The average Bonchev–Trinajstić information content (AvgIpc) is 2.96. The monoisotopic (exact) mass is 313 g/mol. The summed E-state index contributed by atoms with van der Waals surface area (Å²) in [4.78, 5) is 2.13. The van der Waals surface area contributed by atoms with Gasteiger partial charge in [0.2, 0.25) is 11.8 Å². The molecule has 0 N–H and O–H groups in total. The molecule has 0 aliphatic carbocycles. The zero-order chi connectivity index (χ0) is 15.4. The van der Waals surface area contributed by atoms with Gasteiger partial charge in [0.25, 0.3) is 0 Å². The van der Waals surface area contributed by atoms with Gasteiger partial charge < -0.3 is 4.42 Å². The van der Waals surface area contributed by atoms with Crippen molar-refractivity contribution in [2.45, 2.75) is 13.1 Å². The van der Waals surface area contributed by atoms with Crippen molar-refractivity contribution in [3.63, 3.8) is 0 Å². The summed E-state index contributed by atoms with van der Waals surface area (Å²) in [5, 5.41) is 8.84. The second kappa shape index (κ2) is 6.73. The Hall–Kier alpha value is -2.17. The van der Waals surface area contributed by atoms with E-state index in [0.29, 0.717) is 23.3 Å². The molecule has 0 spiro atoms. The van der Waals surface area contributed by atoms with Crippen LogP contribution in [0.2, 0.25) is 5.02 Å². The van der Waals surface area contributed by atoms with Gasteiger partial charge in [-0.2, -0.15) is 0 Å². The van der Waals surface area contributed by atoms with Crippen LogP contribution in [0.15, 0.2) is 59.0 Å². The molecule has 3 aromatic rings. The number of hydrogen-bond acceptors (Lipinski definition) is 4. The summed E-state index contributed by atoms with van der Waals surface area (Å²) in [7, 11) is 2.02. The summed E-state index contributed by atoms with van der Waals surface area (Å²) >= 11 is 5.98. The van der Waals surface area contributed by atoms with Gasteiger partial charge in [-0.15, -0.1) is 10.2 Å². The Bertz CT molecular complexity index is 742. The topological polar surface area (TPSA) is 42.2 Å². The minimum Gasteiger partial charge on any atom is -0.419 e. The quantitative estimate of drug-likeness (QED) is 0.713. The van der Waals surface area contributed by atoms with Gasteiger partial charge in [-0.05, 0) is 30.8 Å². The third kappa shape index (κ3) is 3.72. The van der Waals surface area contributed by atoms with Crippen LogP contribution in [0.1, 0.15) is 11.5 Å². The lowest BCUT2D eigenvalue weighted by Crippen LogP contribution is -2.17. The Balaban J connectivity index is 1.66. The lowest BCUT2D eigenvalue weighted by atomic mass is 10.2. The van der Waals surface area contributed by atoms with Crippen LogP contribution in [-0.4, -0.2) is 22.1 Å². The second-order valence-electron chi connectivity index (χ2n) is 5.17. The second-order valence-corrected chi connectivity index (χ2v) is 5.61. The van der Waals surface area contributed by atoms with Crippen LogP contribution in [0, 0.1) is 0 Å². The fourth-order valence-electron chi connectivity index (χ4n) is 2.24. The fraction of sp³-hybridized carbons (Fsp3) is 0.176. The molecule has 0 unspecified atom stereocenters. The van der Waals surface area contributed by atoms with E-state index in [1.807, 2.05) is 49.5 Å². The van der Waals surface area contributed by atoms with Gasteiger partial charge in [0.05, 0.1) is 6.54 Å². The maximum atomic E-state index is 5.98. The molecule has 0 bridgehead atoms. The van der Waals surface area contributed by atoms with E-state index in [1.54, 1.807) is 0 Å². The number of aromatic nitrogens is 2. The zero-order valence-electron chi connectivity index (χ0n) is 12.2. The molecule has 0 radical (unpaired) electrons. The molecule has 4 nitrogen and oxygen atoms in total. The number of benzene rings is 2. The van der Waals surface area contributed by atoms with E-state index in [0.717, 1.165) is 12.1 Å². The van der Waals surface area contributed by atoms with Crippen LogP contribution in [0.4, 0.5) is 0 Å². The maximum Gasteiger partial charge on any atom is 0.247 e. The third-order valence-corrected chi connectivity index (χ3v) is 3.47. The van der Waals surface area contributed by atoms with Crippen LogP contribution in [0.5, 0.6) is 0 Å². The molecule has 1 aromatic heterocycles. The lowest BCUT2D eigenvalue weighted by molar-refractivity contribution is 0.283. The summed E-state index contributed by atoms with van der Waals surface area (Å²) in [5.74, 6) is 1.08. The van der Waals surface area contributed by atoms with Crippen LogP contribution < -0.4 is 0 Å². The maximum absolute atomic E-state index is 5.98. The molecule has 5 heteroatoms. The van der Waals surface area contributed by atoms with Crippen molar-refractivity contribution in [2.24, 2.45) is 0 Å². The number of halogens is 1. The van der Waals surface area contributed by atoms with Crippen molar-refractivity contribution < 1.29 is 4.42 Å². The normalized spacial score (nSPS) is 11.0. The molecular formula is C17H16ClN3O. The first-order valence-corrected chi connectivity index (χ1v) is 7.39. The molecule has 1 heterocycles. The third-order valence-electron chi connectivity index (χ3n) is 3.24. The summed E-state index contributed by atoms with van der Waals surface area (Å²) < 4.78 is 5.71. The van der Waals surface area contributed by atoms with Crippen LogP contribution >= 0.6 is 11.6 Å². The van der Waals surface area contributed by atoms with Crippen molar-refractivity contribution in [3.05, 3.63) is 71.1 Å². The first-order chi connectivity index (χ1) is 10.7. The minimum atomic E-state index is 0.491. The summed E-state index contributed by atoms with van der Waals surface area (Å²) in [6.45, 7) is 1.43. The van der Waals surface area contributed by atoms with Gasteiger partial charge in [-0.25, -0.2) is 0 Å². The summed E-state index contributed by atoms with van der Waals surface area (Å²) in [5.41, 5.74) is 2.08. The predicted octanol–water partition coefficient (Wildman–Crippen LogP) is 4.02. The highest BCUT2D eigenvalue weighted by Crippen LogP contribution is 2.21. The summed E-state index contributed by atoms with van der Waals surface area (Å²) in [6, 6.07) is 17.7. The Kier molecular flexibility index (Phi) is 4.51. The Labute approximate surface area is 134 Å². The van der Waals surface area contributed by atoms with Crippen LogP contribution in [0.25, 0.3) is 11.5 Å². The van der Waals surface area contributed by atoms with Crippen LogP contribution in [0.3, 0.4) is 0 Å². The van der Waals surface area contributed by atoms with Gasteiger partial charge in [-0.1, -0.05) is 48.0 Å². The molecule has 0 saturated heterocycles. The highest BCUT2D eigenvalue weighted by molar-refractivity contribution is 6.30. The SMILES string of the molecule is CN(Cc1ccccc1)Cc1nnc(-c2cccc(Cl)c2)o1. The smallest absolute Gasteiger partial charge is 0.247 e. The average molecular weight is 314 g/mol. The van der Waals surface area contributed by atoms with Crippen molar-refractivity contribution in [1.29, 1.82) is 0 Å². The molecular weight excluding hydrogens is 298 g/mol.